The number of amides is 1. The van der Waals surface area contributed by atoms with Crippen LogP contribution in [0.1, 0.15) is 27.8 Å². The van der Waals surface area contributed by atoms with E-state index in [1.54, 1.807) is 29.9 Å². The maximum Gasteiger partial charge on any atom is 0.355 e. The molecule has 1 aromatic heterocycles. The van der Waals surface area contributed by atoms with E-state index in [9.17, 15) is 18.8 Å². The molecule has 1 aromatic carbocycles. The number of carbonyl (C=O) groups excluding carboxylic acids is 3. The minimum absolute atomic E-state index is 0.209. The van der Waals surface area contributed by atoms with Gasteiger partial charge in [-0.05, 0) is 30.3 Å². The molecule has 0 saturated heterocycles. The highest BCUT2D eigenvalue weighted by molar-refractivity contribution is 6.00. The molecule has 0 aliphatic rings. The SMILES string of the molecule is CC(=O)Nc1ccc(C(=O)COC(=O)c2cccn2C)c(F)c1. The molecule has 0 bridgehead atoms. The van der Waals surface area contributed by atoms with Gasteiger partial charge >= 0.3 is 5.97 Å². The number of aryl methyl sites for hydroxylation is 1. The van der Waals surface area contributed by atoms with Gasteiger partial charge in [0, 0.05) is 25.9 Å². The summed E-state index contributed by atoms with van der Waals surface area (Å²) in [6, 6.07) is 6.89. The van der Waals surface area contributed by atoms with Crippen molar-refractivity contribution in [1.29, 1.82) is 0 Å². The van der Waals surface area contributed by atoms with Crippen LogP contribution in [-0.2, 0) is 16.6 Å². The fourth-order valence-corrected chi connectivity index (χ4v) is 1.98. The molecular formula is C16H15FN2O4. The number of hydrogen-bond acceptors (Lipinski definition) is 4. The number of rotatable bonds is 5. The zero-order chi connectivity index (χ0) is 17.0. The van der Waals surface area contributed by atoms with Crippen molar-refractivity contribution >= 4 is 23.3 Å². The second kappa shape index (κ2) is 6.87. The van der Waals surface area contributed by atoms with Crippen molar-refractivity contribution in [2.75, 3.05) is 11.9 Å². The van der Waals surface area contributed by atoms with Crippen molar-refractivity contribution in [2.45, 2.75) is 6.92 Å². The number of anilines is 1. The molecule has 2 aromatic rings. The first-order valence-corrected chi connectivity index (χ1v) is 6.77. The Kier molecular flexibility index (Phi) is 4.90. The molecule has 0 saturated carbocycles. The highest BCUT2D eigenvalue weighted by Crippen LogP contribution is 2.15. The maximum atomic E-state index is 13.9. The van der Waals surface area contributed by atoms with Crippen molar-refractivity contribution in [3.63, 3.8) is 0 Å². The Morgan fingerprint density at radius 3 is 2.57 bits per heavy atom. The van der Waals surface area contributed by atoms with Gasteiger partial charge in [-0.25, -0.2) is 9.18 Å². The summed E-state index contributed by atoms with van der Waals surface area (Å²) in [6.45, 7) is 0.723. The molecule has 0 radical (unpaired) electrons. The van der Waals surface area contributed by atoms with Gasteiger partial charge in [-0.2, -0.15) is 0 Å². The van der Waals surface area contributed by atoms with Gasteiger partial charge in [0.25, 0.3) is 0 Å². The van der Waals surface area contributed by atoms with Crippen LogP contribution in [0.5, 0.6) is 0 Å². The molecule has 120 valence electrons. The lowest BCUT2D eigenvalue weighted by atomic mass is 10.1. The monoisotopic (exact) mass is 318 g/mol. The normalized spacial score (nSPS) is 10.2. The van der Waals surface area contributed by atoms with Crippen LogP contribution < -0.4 is 5.32 Å². The fourth-order valence-electron chi connectivity index (χ4n) is 1.98. The number of Topliss-reactive ketones (excluding diaryl/α,β-unsaturated/α-hetero) is 1. The molecule has 0 atom stereocenters. The minimum Gasteiger partial charge on any atom is -0.453 e. The first-order chi connectivity index (χ1) is 10.9. The summed E-state index contributed by atoms with van der Waals surface area (Å²) in [5.74, 6) is -2.48. The van der Waals surface area contributed by atoms with E-state index in [1.807, 2.05) is 0 Å². The summed E-state index contributed by atoms with van der Waals surface area (Å²) in [5, 5.41) is 2.41. The molecule has 23 heavy (non-hydrogen) atoms. The number of ketones is 1. The molecular weight excluding hydrogens is 303 g/mol. The number of esters is 1. The van der Waals surface area contributed by atoms with Crippen molar-refractivity contribution in [1.82, 2.24) is 4.57 Å². The Balaban J connectivity index is 2.02. The second-order valence-electron chi connectivity index (χ2n) is 4.88. The molecule has 1 heterocycles. The summed E-state index contributed by atoms with van der Waals surface area (Å²) in [5.41, 5.74) is 0.324. The Morgan fingerprint density at radius 2 is 2.00 bits per heavy atom. The third kappa shape index (κ3) is 4.03. The van der Waals surface area contributed by atoms with Crippen LogP contribution in [0.2, 0.25) is 0 Å². The van der Waals surface area contributed by atoms with Crippen LogP contribution in [0.4, 0.5) is 10.1 Å². The topological polar surface area (TPSA) is 77.4 Å². The van der Waals surface area contributed by atoms with Crippen LogP contribution in [0.15, 0.2) is 36.5 Å². The van der Waals surface area contributed by atoms with E-state index in [-0.39, 0.29) is 17.2 Å². The molecule has 6 nitrogen and oxygen atoms in total. The predicted molar refractivity (Wildman–Crippen MR) is 80.7 cm³/mol. The number of benzene rings is 1. The van der Waals surface area contributed by atoms with Crippen molar-refractivity contribution in [2.24, 2.45) is 7.05 Å². The Bertz CT molecular complexity index is 767. The average Bonchev–Trinajstić information content (AvgIpc) is 2.90. The van der Waals surface area contributed by atoms with E-state index in [0.29, 0.717) is 5.69 Å². The summed E-state index contributed by atoms with van der Waals surface area (Å²) in [6.07, 6.45) is 1.67. The highest BCUT2D eigenvalue weighted by Gasteiger charge is 2.17. The number of aromatic nitrogens is 1. The Hall–Kier alpha value is -2.96. The number of nitrogens with zero attached hydrogens (tertiary/aromatic N) is 1. The van der Waals surface area contributed by atoms with Crippen molar-refractivity contribution in [3.05, 3.63) is 53.6 Å². The molecule has 1 N–H and O–H groups in total. The molecule has 0 fully saturated rings. The zero-order valence-corrected chi connectivity index (χ0v) is 12.6. The molecule has 0 spiro atoms. The lowest BCUT2D eigenvalue weighted by Crippen LogP contribution is -2.17. The number of hydrogen-bond donors (Lipinski definition) is 1. The van der Waals surface area contributed by atoms with Crippen molar-refractivity contribution in [3.8, 4) is 0 Å². The molecule has 0 unspecified atom stereocenters. The Morgan fingerprint density at radius 1 is 1.26 bits per heavy atom. The highest BCUT2D eigenvalue weighted by atomic mass is 19.1. The van der Waals surface area contributed by atoms with E-state index < -0.39 is 24.2 Å². The molecule has 0 aliphatic heterocycles. The third-order valence-corrected chi connectivity index (χ3v) is 3.08. The summed E-state index contributed by atoms with van der Waals surface area (Å²) in [4.78, 5) is 34.6. The van der Waals surface area contributed by atoms with E-state index in [4.69, 9.17) is 4.74 Å². The van der Waals surface area contributed by atoms with Crippen molar-refractivity contribution < 1.29 is 23.5 Å². The van der Waals surface area contributed by atoms with E-state index >= 15 is 0 Å². The van der Waals surface area contributed by atoms with Crippen LogP contribution in [0, 0.1) is 5.82 Å². The third-order valence-electron chi connectivity index (χ3n) is 3.08. The average molecular weight is 318 g/mol. The smallest absolute Gasteiger partial charge is 0.355 e. The zero-order valence-electron chi connectivity index (χ0n) is 12.6. The first kappa shape index (κ1) is 16.4. The number of ether oxygens (including phenoxy) is 1. The molecule has 1 amide bonds. The van der Waals surface area contributed by atoms with Gasteiger partial charge in [-0.3, -0.25) is 9.59 Å². The van der Waals surface area contributed by atoms with E-state index in [1.165, 1.54) is 19.1 Å². The van der Waals surface area contributed by atoms with Gasteiger partial charge in [-0.1, -0.05) is 0 Å². The van der Waals surface area contributed by atoms with Crippen LogP contribution >= 0.6 is 0 Å². The lowest BCUT2D eigenvalue weighted by molar-refractivity contribution is -0.114. The number of carbonyl (C=O) groups is 3. The number of halogens is 1. The van der Waals surface area contributed by atoms with Gasteiger partial charge < -0.3 is 14.6 Å². The van der Waals surface area contributed by atoms with Gasteiger partial charge in [0.1, 0.15) is 11.5 Å². The predicted octanol–water partition coefficient (Wildman–Crippen LogP) is 2.16. The van der Waals surface area contributed by atoms with E-state index in [2.05, 4.69) is 5.32 Å². The number of nitrogens with one attached hydrogen (secondary N) is 1. The summed E-state index contributed by atoms with van der Waals surface area (Å²) < 4.78 is 20.3. The van der Waals surface area contributed by atoms with Gasteiger partial charge in [0.05, 0.1) is 5.56 Å². The van der Waals surface area contributed by atoms with E-state index in [0.717, 1.165) is 6.07 Å². The maximum absolute atomic E-state index is 13.9. The fraction of sp³-hybridized carbons (Fsp3) is 0.188. The van der Waals surface area contributed by atoms with Gasteiger partial charge in [-0.15, -0.1) is 0 Å². The lowest BCUT2D eigenvalue weighted by Gasteiger charge is -2.07. The first-order valence-electron chi connectivity index (χ1n) is 6.77. The van der Waals surface area contributed by atoms with Crippen LogP contribution in [0.25, 0.3) is 0 Å². The van der Waals surface area contributed by atoms with Crippen LogP contribution in [-0.4, -0.2) is 28.8 Å². The van der Waals surface area contributed by atoms with Crippen LogP contribution in [0.3, 0.4) is 0 Å². The quantitative estimate of drug-likeness (QED) is 0.677. The standard InChI is InChI=1S/C16H15FN2O4/c1-10(20)18-11-5-6-12(13(17)8-11)15(21)9-23-16(22)14-4-3-7-19(14)2/h3-8H,9H2,1-2H3,(H,18,20). The second-order valence-corrected chi connectivity index (χ2v) is 4.88. The molecule has 0 aliphatic carbocycles. The Labute approximate surface area is 131 Å². The van der Waals surface area contributed by atoms with Gasteiger partial charge in [0.2, 0.25) is 11.7 Å². The van der Waals surface area contributed by atoms with Gasteiger partial charge in [0.15, 0.2) is 6.61 Å². The summed E-state index contributed by atoms with van der Waals surface area (Å²) in [7, 11) is 1.67. The summed E-state index contributed by atoms with van der Waals surface area (Å²) >= 11 is 0. The minimum atomic E-state index is -0.795. The molecule has 2 rings (SSSR count). The largest absolute Gasteiger partial charge is 0.453 e. The molecule has 7 heteroatoms.